The van der Waals surface area contributed by atoms with Crippen molar-refractivity contribution in [3.8, 4) is 28.7 Å². The standard InChI is InChI=1S/C32H45N3O7.C9H10O2.C3H8/c1-2-3-4-10-21-33-30(36)39-25-12-6-5-11-22-34-31(37)41-29-19-23-35(24-20-29)32(38)42-28-17-15-27(16-18-28)40-26-13-8-7-9-14-26;1-7(2)11-9-5-3-8(10)4-6-9;1-3-2/h7-9,13-18,29H,2-6,10-12,19-25H2,1H3,(H,33,36)(H,34,37);3-6,10H,1H2,2H3;3H2,1-2H3. The molecule has 56 heavy (non-hydrogen) atoms. The van der Waals surface area contributed by atoms with Crippen LogP contribution in [0.3, 0.4) is 0 Å². The Morgan fingerprint density at radius 1 is 0.696 bits per heavy atom. The smallest absolute Gasteiger partial charge is 0.415 e. The molecule has 0 bridgehead atoms. The van der Waals surface area contributed by atoms with E-state index in [0.29, 0.717) is 68.6 Å². The molecule has 1 saturated heterocycles. The number of hydrogen-bond donors (Lipinski definition) is 3. The average molecular weight is 778 g/mol. The Kier molecular flexibility index (Phi) is 24.2. The van der Waals surface area contributed by atoms with Gasteiger partial charge in [-0.05, 0) is 93.3 Å². The number of benzene rings is 3. The third-order valence-corrected chi connectivity index (χ3v) is 7.98. The number of alkyl carbamates (subject to hydrolysis) is 2. The van der Waals surface area contributed by atoms with Gasteiger partial charge in [-0.3, -0.25) is 0 Å². The van der Waals surface area contributed by atoms with Crippen LogP contribution in [0.5, 0.6) is 28.7 Å². The van der Waals surface area contributed by atoms with Crippen LogP contribution in [0.2, 0.25) is 0 Å². The van der Waals surface area contributed by atoms with Gasteiger partial charge in [0.1, 0.15) is 34.9 Å². The molecule has 12 nitrogen and oxygen atoms in total. The fourth-order valence-electron chi connectivity index (χ4n) is 5.16. The summed E-state index contributed by atoms with van der Waals surface area (Å²) in [6.07, 6.45) is 8.82. The van der Waals surface area contributed by atoms with E-state index >= 15 is 0 Å². The van der Waals surface area contributed by atoms with Gasteiger partial charge in [-0.2, -0.15) is 0 Å². The predicted molar refractivity (Wildman–Crippen MR) is 220 cm³/mol. The van der Waals surface area contributed by atoms with Gasteiger partial charge in [-0.1, -0.05) is 77.7 Å². The van der Waals surface area contributed by atoms with Gasteiger partial charge in [0, 0.05) is 39.0 Å². The van der Waals surface area contributed by atoms with Gasteiger partial charge in [0.25, 0.3) is 0 Å². The second-order valence-corrected chi connectivity index (χ2v) is 13.3. The SMILES string of the molecule is C=C(C)Oc1ccc(O)cc1.CCC.CCCCCCNC(=O)OCCCCCCNC(=O)OC1CCN(C(=O)Oc2ccc(Oc3ccccc3)cc2)CC1. The molecule has 3 aromatic rings. The normalized spacial score (nSPS) is 12.0. The van der Waals surface area contributed by atoms with Crippen LogP contribution in [-0.4, -0.2) is 67.2 Å². The third kappa shape index (κ3) is 22.1. The number of carbonyl (C=O) groups excluding carboxylic acids is 3. The van der Waals surface area contributed by atoms with Crippen LogP contribution in [0.1, 0.15) is 98.3 Å². The lowest BCUT2D eigenvalue weighted by Crippen LogP contribution is -2.43. The largest absolute Gasteiger partial charge is 0.508 e. The molecule has 3 amide bonds. The molecule has 1 aliphatic rings. The highest BCUT2D eigenvalue weighted by Gasteiger charge is 2.26. The molecule has 0 aromatic heterocycles. The van der Waals surface area contributed by atoms with Crippen LogP contribution in [0, 0.1) is 0 Å². The molecule has 3 N–H and O–H groups in total. The van der Waals surface area contributed by atoms with Crippen molar-refractivity contribution in [1.29, 1.82) is 0 Å². The monoisotopic (exact) mass is 777 g/mol. The van der Waals surface area contributed by atoms with Crippen molar-refractivity contribution in [2.75, 3.05) is 32.8 Å². The highest BCUT2D eigenvalue weighted by molar-refractivity contribution is 5.71. The van der Waals surface area contributed by atoms with Crippen molar-refractivity contribution in [2.45, 2.75) is 104 Å². The lowest BCUT2D eigenvalue weighted by Gasteiger charge is -2.30. The number of phenolic OH excluding ortho intramolecular Hbond substituents is 1. The quantitative estimate of drug-likeness (QED) is 0.0849. The minimum Gasteiger partial charge on any atom is -0.508 e. The van der Waals surface area contributed by atoms with E-state index in [-0.39, 0.29) is 17.9 Å². The Bertz CT molecular complexity index is 1510. The first-order valence-corrected chi connectivity index (χ1v) is 19.9. The average Bonchev–Trinajstić information content (AvgIpc) is 3.18. The molecule has 0 unspecified atom stereocenters. The Balaban J connectivity index is 0.000000651. The summed E-state index contributed by atoms with van der Waals surface area (Å²) in [5, 5.41) is 14.5. The summed E-state index contributed by atoms with van der Waals surface area (Å²) in [5.41, 5.74) is 0. The molecular weight excluding hydrogens is 714 g/mol. The minimum absolute atomic E-state index is 0.235. The number of likely N-dealkylation sites (tertiary alicyclic amines) is 1. The van der Waals surface area contributed by atoms with Gasteiger partial charge in [-0.15, -0.1) is 0 Å². The number of unbranched alkanes of at least 4 members (excludes halogenated alkanes) is 6. The number of piperidine rings is 1. The highest BCUT2D eigenvalue weighted by atomic mass is 16.6. The van der Waals surface area contributed by atoms with Crippen molar-refractivity contribution >= 4 is 18.3 Å². The zero-order valence-electron chi connectivity index (χ0n) is 33.8. The van der Waals surface area contributed by atoms with E-state index in [2.05, 4.69) is 38.0 Å². The van der Waals surface area contributed by atoms with E-state index in [1.807, 2.05) is 30.3 Å². The fraction of sp³-hybridized carbons (Fsp3) is 0.477. The summed E-state index contributed by atoms with van der Waals surface area (Å²) in [6.45, 7) is 14.3. The Hall–Kier alpha value is -5.39. The maximum Gasteiger partial charge on any atom is 0.415 e. The Labute approximate surface area is 333 Å². The molecule has 0 aliphatic carbocycles. The molecule has 1 aliphatic heterocycles. The highest BCUT2D eigenvalue weighted by Crippen LogP contribution is 2.24. The van der Waals surface area contributed by atoms with Crippen LogP contribution < -0.4 is 24.8 Å². The van der Waals surface area contributed by atoms with E-state index in [9.17, 15) is 14.4 Å². The zero-order chi connectivity index (χ0) is 40.8. The molecule has 4 rings (SSSR count). The van der Waals surface area contributed by atoms with E-state index in [4.69, 9.17) is 28.8 Å². The number of aromatic hydroxyl groups is 1. The summed E-state index contributed by atoms with van der Waals surface area (Å²) in [6, 6.07) is 22.8. The van der Waals surface area contributed by atoms with Gasteiger partial charge >= 0.3 is 18.3 Å². The molecule has 1 heterocycles. The summed E-state index contributed by atoms with van der Waals surface area (Å²) in [5.74, 6) is 3.37. The summed E-state index contributed by atoms with van der Waals surface area (Å²) in [7, 11) is 0. The van der Waals surface area contributed by atoms with E-state index in [1.165, 1.54) is 19.3 Å². The van der Waals surface area contributed by atoms with E-state index in [1.54, 1.807) is 60.4 Å². The molecule has 0 spiro atoms. The maximum absolute atomic E-state index is 12.6. The van der Waals surface area contributed by atoms with E-state index < -0.39 is 12.2 Å². The first kappa shape index (κ1) is 46.8. The Morgan fingerprint density at radius 2 is 1.21 bits per heavy atom. The van der Waals surface area contributed by atoms with Crippen LogP contribution in [0.4, 0.5) is 14.4 Å². The number of rotatable bonds is 18. The van der Waals surface area contributed by atoms with Crippen LogP contribution in [-0.2, 0) is 9.47 Å². The number of carbonyl (C=O) groups is 3. The van der Waals surface area contributed by atoms with Gasteiger partial charge in [0.2, 0.25) is 0 Å². The number of amides is 3. The number of para-hydroxylation sites is 1. The minimum atomic E-state index is -0.437. The number of nitrogens with zero attached hydrogens (tertiary/aromatic N) is 1. The first-order chi connectivity index (χ1) is 27.1. The first-order valence-electron chi connectivity index (χ1n) is 19.9. The molecule has 1 fully saturated rings. The molecule has 0 radical (unpaired) electrons. The summed E-state index contributed by atoms with van der Waals surface area (Å²) >= 11 is 0. The van der Waals surface area contributed by atoms with Crippen molar-refractivity contribution in [2.24, 2.45) is 0 Å². The van der Waals surface area contributed by atoms with Crippen molar-refractivity contribution < 1.29 is 43.2 Å². The topological polar surface area (TPSA) is 145 Å². The number of hydrogen-bond acceptors (Lipinski definition) is 9. The second kappa shape index (κ2) is 29.0. The molecule has 0 atom stereocenters. The molecule has 3 aromatic carbocycles. The summed E-state index contributed by atoms with van der Waals surface area (Å²) < 4.78 is 27.1. The zero-order valence-corrected chi connectivity index (χ0v) is 33.8. The Morgan fingerprint density at radius 3 is 1.82 bits per heavy atom. The van der Waals surface area contributed by atoms with Crippen molar-refractivity contribution in [1.82, 2.24) is 15.5 Å². The second-order valence-electron chi connectivity index (χ2n) is 13.3. The van der Waals surface area contributed by atoms with Crippen LogP contribution in [0.25, 0.3) is 0 Å². The van der Waals surface area contributed by atoms with Gasteiger partial charge in [0.15, 0.2) is 0 Å². The van der Waals surface area contributed by atoms with E-state index in [0.717, 1.165) is 44.3 Å². The number of nitrogens with one attached hydrogen (secondary N) is 2. The number of allylic oxidation sites excluding steroid dienone is 1. The fourth-order valence-corrected chi connectivity index (χ4v) is 5.16. The molecule has 0 saturated carbocycles. The van der Waals surface area contributed by atoms with Gasteiger partial charge in [-0.25, -0.2) is 14.4 Å². The molecule has 12 heteroatoms. The molecule has 308 valence electrons. The number of ether oxygens (including phenoxy) is 5. The lowest BCUT2D eigenvalue weighted by atomic mass is 10.1. The summed E-state index contributed by atoms with van der Waals surface area (Å²) in [4.78, 5) is 38.0. The van der Waals surface area contributed by atoms with Crippen LogP contribution >= 0.6 is 0 Å². The maximum atomic E-state index is 12.6. The van der Waals surface area contributed by atoms with Crippen molar-refractivity contribution in [3.05, 3.63) is 91.2 Å². The number of phenols is 1. The third-order valence-electron chi connectivity index (χ3n) is 7.98. The van der Waals surface area contributed by atoms with Gasteiger partial charge in [0.05, 0.1) is 12.4 Å². The van der Waals surface area contributed by atoms with Crippen LogP contribution in [0.15, 0.2) is 91.2 Å². The lowest BCUT2D eigenvalue weighted by molar-refractivity contribution is 0.0524. The predicted octanol–water partition coefficient (Wildman–Crippen LogP) is 10.8. The van der Waals surface area contributed by atoms with Gasteiger partial charge < -0.3 is 44.3 Å². The molecular formula is C44H63N3O9. The van der Waals surface area contributed by atoms with Crippen molar-refractivity contribution in [3.63, 3.8) is 0 Å².